The molecule has 3 heteroatoms. The minimum Gasteiger partial charge on any atom is -0.426 e. The second-order valence-electron chi connectivity index (χ2n) is 5.46. The molecule has 0 amide bonds. The number of benzene rings is 1. The van der Waals surface area contributed by atoms with Crippen molar-refractivity contribution in [1.29, 1.82) is 0 Å². The number of carbonyl (C=O) groups excluding carboxylic acids is 1. The zero-order valence-electron chi connectivity index (χ0n) is 11.7. The first-order valence-electron chi connectivity index (χ1n) is 7.27. The summed E-state index contributed by atoms with van der Waals surface area (Å²) in [5.74, 6) is 1.26. The quantitative estimate of drug-likeness (QED) is 0.433. The minimum absolute atomic E-state index is 0.0469. The molecule has 1 saturated carbocycles. The van der Waals surface area contributed by atoms with Crippen LogP contribution in [0.15, 0.2) is 36.9 Å². The van der Waals surface area contributed by atoms with Crippen molar-refractivity contribution in [2.24, 2.45) is 11.8 Å². The fourth-order valence-electron chi connectivity index (χ4n) is 2.74. The van der Waals surface area contributed by atoms with Gasteiger partial charge in [-0.3, -0.25) is 4.79 Å². The molecule has 0 aromatic heterocycles. The van der Waals surface area contributed by atoms with Gasteiger partial charge >= 0.3 is 5.97 Å². The molecule has 0 radical (unpaired) electrons. The molecule has 1 aliphatic rings. The summed E-state index contributed by atoms with van der Waals surface area (Å²) in [6.45, 7) is 3.76. The van der Waals surface area contributed by atoms with Crippen LogP contribution in [0.25, 0.3) is 0 Å². The summed E-state index contributed by atoms with van der Waals surface area (Å²) in [7, 11) is 0. The summed E-state index contributed by atoms with van der Waals surface area (Å²) in [5, 5.41) is 0.646. The highest BCUT2D eigenvalue weighted by atomic mass is 35.5. The molecule has 0 spiro atoms. The number of carbonyl (C=O) groups is 1. The molecule has 1 aromatic rings. The molecule has 1 fully saturated rings. The molecule has 2 rings (SSSR count). The monoisotopic (exact) mass is 292 g/mol. The van der Waals surface area contributed by atoms with Gasteiger partial charge in [-0.25, -0.2) is 0 Å². The van der Waals surface area contributed by atoms with Gasteiger partial charge in [-0.05, 0) is 68.7 Å². The Kier molecular flexibility index (Phi) is 5.66. The highest BCUT2D eigenvalue weighted by Crippen LogP contribution is 2.32. The van der Waals surface area contributed by atoms with E-state index in [1.807, 2.05) is 6.08 Å². The van der Waals surface area contributed by atoms with Crippen LogP contribution in [0.4, 0.5) is 0 Å². The van der Waals surface area contributed by atoms with Crippen LogP contribution < -0.4 is 4.74 Å². The lowest BCUT2D eigenvalue weighted by molar-refractivity contribution is -0.140. The SMILES string of the molecule is C=CCCC1CCC(C(=O)Oc2ccc(Cl)cc2)CC1. The molecule has 1 aliphatic carbocycles. The number of hydrogen-bond donors (Lipinski definition) is 0. The molecule has 20 heavy (non-hydrogen) atoms. The largest absolute Gasteiger partial charge is 0.426 e. The van der Waals surface area contributed by atoms with Gasteiger partial charge in [0.15, 0.2) is 0 Å². The summed E-state index contributed by atoms with van der Waals surface area (Å²) >= 11 is 5.81. The van der Waals surface area contributed by atoms with Gasteiger partial charge in [-0.2, -0.15) is 0 Å². The van der Waals surface area contributed by atoms with Gasteiger partial charge < -0.3 is 4.74 Å². The van der Waals surface area contributed by atoms with Crippen LogP contribution in [0.3, 0.4) is 0 Å². The fraction of sp³-hybridized carbons (Fsp3) is 0.471. The van der Waals surface area contributed by atoms with Crippen LogP contribution in [0.2, 0.25) is 5.02 Å². The maximum Gasteiger partial charge on any atom is 0.314 e. The summed E-state index contributed by atoms with van der Waals surface area (Å²) < 4.78 is 5.41. The highest BCUT2D eigenvalue weighted by molar-refractivity contribution is 6.30. The van der Waals surface area contributed by atoms with Gasteiger partial charge in [-0.15, -0.1) is 6.58 Å². The smallest absolute Gasteiger partial charge is 0.314 e. The Hall–Kier alpha value is -1.28. The topological polar surface area (TPSA) is 26.3 Å². The van der Waals surface area contributed by atoms with Gasteiger partial charge in [0.05, 0.1) is 5.92 Å². The highest BCUT2D eigenvalue weighted by Gasteiger charge is 2.27. The van der Waals surface area contributed by atoms with E-state index in [2.05, 4.69) is 6.58 Å². The second-order valence-corrected chi connectivity index (χ2v) is 5.90. The third kappa shape index (κ3) is 4.38. The van der Waals surface area contributed by atoms with Crippen LogP contribution in [0.1, 0.15) is 38.5 Å². The number of rotatable bonds is 5. The first-order valence-corrected chi connectivity index (χ1v) is 7.65. The lowest BCUT2D eigenvalue weighted by atomic mass is 9.80. The van der Waals surface area contributed by atoms with Gasteiger partial charge in [0.25, 0.3) is 0 Å². The van der Waals surface area contributed by atoms with E-state index < -0.39 is 0 Å². The van der Waals surface area contributed by atoms with E-state index in [-0.39, 0.29) is 11.9 Å². The van der Waals surface area contributed by atoms with Crippen LogP contribution in [0.5, 0.6) is 5.75 Å². The molecule has 0 saturated heterocycles. The second kappa shape index (κ2) is 7.49. The molecule has 0 unspecified atom stereocenters. The Morgan fingerprint density at radius 3 is 2.50 bits per heavy atom. The first-order chi connectivity index (χ1) is 9.69. The molecular formula is C17H21ClO2. The summed E-state index contributed by atoms with van der Waals surface area (Å²) in [6, 6.07) is 6.93. The van der Waals surface area contributed by atoms with Gasteiger partial charge in [0.1, 0.15) is 5.75 Å². The fourth-order valence-corrected chi connectivity index (χ4v) is 2.87. The molecule has 0 aliphatic heterocycles. The molecule has 108 valence electrons. The summed E-state index contributed by atoms with van der Waals surface area (Å²) in [6.07, 6.45) is 8.36. The van der Waals surface area contributed by atoms with E-state index in [0.29, 0.717) is 10.8 Å². The molecule has 2 nitrogen and oxygen atoms in total. The van der Waals surface area contributed by atoms with E-state index >= 15 is 0 Å². The van der Waals surface area contributed by atoms with Gasteiger partial charge in [0, 0.05) is 5.02 Å². The van der Waals surface area contributed by atoms with Crippen LogP contribution in [0, 0.1) is 11.8 Å². The predicted octanol–water partition coefficient (Wildman–Crippen LogP) is 5.02. The zero-order chi connectivity index (χ0) is 14.4. The molecule has 0 heterocycles. The normalized spacial score (nSPS) is 22.2. The lowest BCUT2D eigenvalue weighted by Crippen LogP contribution is -2.25. The lowest BCUT2D eigenvalue weighted by Gasteiger charge is -2.26. The van der Waals surface area contributed by atoms with Crippen molar-refractivity contribution < 1.29 is 9.53 Å². The number of hydrogen-bond acceptors (Lipinski definition) is 2. The first kappa shape index (κ1) is 15.1. The minimum atomic E-state index is -0.102. The van der Waals surface area contributed by atoms with Crippen molar-refractivity contribution in [2.75, 3.05) is 0 Å². The average Bonchev–Trinajstić information content (AvgIpc) is 2.48. The number of allylic oxidation sites excluding steroid dienone is 1. The number of esters is 1. The average molecular weight is 293 g/mol. The molecule has 0 atom stereocenters. The van der Waals surface area contributed by atoms with Crippen LogP contribution in [-0.4, -0.2) is 5.97 Å². The third-order valence-electron chi connectivity index (χ3n) is 3.99. The van der Waals surface area contributed by atoms with E-state index in [9.17, 15) is 4.79 Å². The van der Waals surface area contributed by atoms with Crippen molar-refractivity contribution in [3.63, 3.8) is 0 Å². The Morgan fingerprint density at radius 2 is 1.90 bits per heavy atom. The maximum absolute atomic E-state index is 12.1. The van der Waals surface area contributed by atoms with Crippen LogP contribution >= 0.6 is 11.6 Å². The maximum atomic E-state index is 12.1. The van der Waals surface area contributed by atoms with E-state index in [0.717, 1.165) is 38.0 Å². The summed E-state index contributed by atoms with van der Waals surface area (Å²) in [5.41, 5.74) is 0. The Bertz CT molecular complexity index is 445. The van der Waals surface area contributed by atoms with Crippen molar-refractivity contribution in [3.8, 4) is 5.75 Å². The van der Waals surface area contributed by atoms with Crippen molar-refractivity contribution in [1.82, 2.24) is 0 Å². The predicted molar refractivity (Wildman–Crippen MR) is 82.0 cm³/mol. The standard InChI is InChI=1S/C17H21ClO2/c1-2-3-4-13-5-7-14(8-6-13)17(19)20-16-11-9-15(18)10-12-16/h2,9-14H,1,3-8H2. The molecule has 0 bridgehead atoms. The summed E-state index contributed by atoms with van der Waals surface area (Å²) in [4.78, 5) is 12.1. The van der Waals surface area contributed by atoms with Crippen molar-refractivity contribution >= 4 is 17.6 Å². The third-order valence-corrected chi connectivity index (χ3v) is 4.24. The number of ether oxygens (including phenoxy) is 1. The molecular weight excluding hydrogens is 272 g/mol. The Labute approximate surface area is 125 Å². The molecule has 1 aromatic carbocycles. The number of halogens is 1. The van der Waals surface area contributed by atoms with Crippen molar-refractivity contribution in [3.05, 3.63) is 41.9 Å². The Morgan fingerprint density at radius 1 is 1.25 bits per heavy atom. The van der Waals surface area contributed by atoms with Crippen LogP contribution in [-0.2, 0) is 4.79 Å². The van der Waals surface area contributed by atoms with Gasteiger partial charge in [-0.1, -0.05) is 17.7 Å². The van der Waals surface area contributed by atoms with E-state index in [1.165, 1.54) is 6.42 Å². The van der Waals surface area contributed by atoms with E-state index in [4.69, 9.17) is 16.3 Å². The van der Waals surface area contributed by atoms with E-state index in [1.54, 1.807) is 24.3 Å². The zero-order valence-corrected chi connectivity index (χ0v) is 12.4. The van der Waals surface area contributed by atoms with Gasteiger partial charge in [0.2, 0.25) is 0 Å². The Balaban J connectivity index is 1.79. The molecule has 0 N–H and O–H groups in total. The van der Waals surface area contributed by atoms with Crippen molar-refractivity contribution in [2.45, 2.75) is 38.5 Å².